The Morgan fingerprint density at radius 2 is 1.46 bits per heavy atom. The number of anilines is 2. The van der Waals surface area contributed by atoms with Gasteiger partial charge in [-0.15, -0.1) is 0 Å². The van der Waals surface area contributed by atoms with Gasteiger partial charge in [0.1, 0.15) is 22.7 Å². The van der Waals surface area contributed by atoms with Crippen LogP contribution >= 0.6 is 0 Å². The lowest BCUT2D eigenvalue weighted by molar-refractivity contribution is -0.131. The minimum atomic E-state index is -1.12. The van der Waals surface area contributed by atoms with Gasteiger partial charge >= 0.3 is 0 Å². The number of ether oxygens (including phenoxy) is 1. The second-order valence-corrected chi connectivity index (χ2v) is 8.89. The highest BCUT2D eigenvalue weighted by molar-refractivity contribution is 6.16. The van der Waals surface area contributed by atoms with E-state index in [-0.39, 0.29) is 8.76 Å². The Morgan fingerprint density at radius 3 is 2.06 bits per heavy atom. The molecule has 180 valence electrons. The summed E-state index contributed by atoms with van der Waals surface area (Å²) in [5.74, 6) is 0.165. The summed E-state index contributed by atoms with van der Waals surface area (Å²) in [4.78, 5) is 30.1. The first-order valence-corrected chi connectivity index (χ1v) is 11.4. The highest BCUT2D eigenvalue weighted by atomic mass is 19.1. The number of hydrogen-bond donors (Lipinski definition) is 2. The lowest BCUT2D eigenvalue weighted by Crippen LogP contribution is -2.35. The third kappa shape index (κ3) is 4.57. The summed E-state index contributed by atoms with van der Waals surface area (Å²) in [7, 11) is 0. The molecule has 1 saturated carbocycles. The molecule has 1 aliphatic rings. The third-order valence-corrected chi connectivity index (χ3v) is 6.38. The Bertz CT molecular complexity index is 1440. The lowest BCUT2D eigenvalue weighted by Gasteiger charge is -2.16. The van der Waals surface area contributed by atoms with Gasteiger partial charge in [-0.1, -0.05) is 0 Å². The van der Waals surface area contributed by atoms with Gasteiger partial charge in [-0.25, -0.2) is 4.39 Å². The van der Waals surface area contributed by atoms with E-state index in [4.69, 9.17) is 4.74 Å². The van der Waals surface area contributed by atoms with E-state index in [0.29, 0.717) is 35.7 Å². The number of amides is 2. The van der Waals surface area contributed by atoms with Crippen LogP contribution in [0.25, 0.3) is 10.9 Å². The summed E-state index contributed by atoms with van der Waals surface area (Å²) >= 11 is 0. The molecule has 1 aromatic heterocycles. The maximum absolute atomic E-state index is 13.1. The lowest BCUT2D eigenvalue weighted by atomic mass is 10.0. The van der Waals surface area contributed by atoms with E-state index in [1.54, 1.807) is 30.5 Å². The number of halogens is 1. The van der Waals surface area contributed by atoms with Crippen molar-refractivity contribution in [3.8, 4) is 11.5 Å². The van der Waals surface area contributed by atoms with E-state index in [0.717, 1.165) is 16.5 Å². The molecule has 1 aliphatic carbocycles. The summed E-state index contributed by atoms with van der Waals surface area (Å²) in [6.45, 7) is 4.10. The van der Waals surface area contributed by atoms with Gasteiger partial charge in [0.2, 0.25) is 11.8 Å². The highest BCUT2D eigenvalue weighted by Crippen LogP contribution is 2.47. The van der Waals surface area contributed by atoms with Crippen LogP contribution in [-0.4, -0.2) is 16.8 Å². The zero-order valence-electron chi connectivity index (χ0n) is 19.4. The zero-order valence-corrected chi connectivity index (χ0v) is 19.4. The quantitative estimate of drug-likeness (QED) is 0.308. The van der Waals surface area contributed by atoms with Crippen molar-refractivity contribution in [1.29, 1.82) is 0 Å². The van der Waals surface area contributed by atoms with E-state index in [1.807, 2.05) is 12.1 Å². The summed E-state index contributed by atoms with van der Waals surface area (Å²) in [6, 6.07) is 18.4. The van der Waals surface area contributed by atoms with Crippen LogP contribution in [0.15, 0.2) is 72.9 Å². The number of fused-ring (bicyclic) bond motifs is 1. The van der Waals surface area contributed by atoms with Gasteiger partial charge in [0.25, 0.3) is 0 Å². The van der Waals surface area contributed by atoms with Gasteiger partial charge in [0, 0.05) is 25.8 Å². The van der Waals surface area contributed by atoms with E-state index in [9.17, 15) is 14.0 Å². The van der Waals surface area contributed by atoms with Gasteiger partial charge in [0.05, 0.1) is 5.52 Å². The second-order valence-electron chi connectivity index (χ2n) is 8.89. The number of hydrogen-bond acceptors (Lipinski definition) is 4. The molecule has 1 fully saturated rings. The van der Waals surface area contributed by atoms with E-state index in [1.165, 1.54) is 29.8 Å². The summed E-state index contributed by atoms with van der Waals surface area (Å²) < 4.78 is 19.2. The van der Waals surface area contributed by atoms with Gasteiger partial charge in [0.15, 0.2) is 0 Å². The largest absolute Gasteiger partial charge is 0.457 e. The second kappa shape index (κ2) is 8.83. The van der Waals surface area contributed by atoms with Crippen molar-refractivity contribution in [1.82, 2.24) is 4.98 Å². The van der Waals surface area contributed by atoms with Crippen LogP contribution in [0.2, 0.25) is 0 Å². The first-order valence-electron chi connectivity index (χ1n) is 11.4. The first kappa shape index (κ1) is 22.5. The van der Waals surface area contributed by atoms with E-state index in [2.05, 4.69) is 35.5 Å². The molecule has 5 rings (SSSR count). The molecule has 1 heterocycles. The molecule has 0 radical (unpaired) electrons. The topological polar surface area (TPSA) is 80.3 Å². The number of benzene rings is 3. The van der Waals surface area contributed by atoms with E-state index < -0.39 is 17.1 Å². The molecule has 0 aliphatic heterocycles. The van der Waals surface area contributed by atoms with Crippen molar-refractivity contribution in [2.24, 2.45) is 5.41 Å². The minimum Gasteiger partial charge on any atom is -0.457 e. The molecule has 0 saturated heterocycles. The fourth-order valence-electron chi connectivity index (χ4n) is 3.92. The van der Waals surface area contributed by atoms with Crippen LogP contribution < -0.4 is 15.4 Å². The molecule has 2 amide bonds. The van der Waals surface area contributed by atoms with Crippen molar-refractivity contribution in [3.63, 3.8) is 0 Å². The summed E-state index contributed by atoms with van der Waals surface area (Å²) in [6.07, 6.45) is 2.63. The maximum Gasteiger partial charge on any atom is 0.240 e. The fourth-order valence-corrected chi connectivity index (χ4v) is 3.92. The molecule has 0 spiro atoms. The van der Waals surface area contributed by atoms with Crippen molar-refractivity contribution in [2.75, 3.05) is 10.6 Å². The minimum absolute atomic E-state index is 0. The first-order chi connectivity index (χ1) is 16.8. The van der Waals surface area contributed by atoms with Gasteiger partial charge in [-0.2, -0.15) is 0 Å². The van der Waals surface area contributed by atoms with Crippen LogP contribution in [0.3, 0.4) is 0 Å². The third-order valence-electron chi connectivity index (χ3n) is 6.38. The molecule has 0 bridgehead atoms. The van der Waals surface area contributed by atoms with Crippen molar-refractivity contribution < 1.29 is 21.6 Å². The zero-order chi connectivity index (χ0) is 24.6. The number of aromatic nitrogens is 1. The Morgan fingerprint density at radius 1 is 0.886 bits per heavy atom. The SMILES string of the molecule is Cc1cc2nccc(Oc3ccc(NC(=O)C4(C(=O)Nc5ccc(F)cc5)CC4)cc3)c2cc1C.[HH].[HH]. The number of rotatable bonds is 6. The molecule has 0 unspecified atom stereocenters. The molecule has 2 N–H and O–H groups in total. The normalized spacial score (nSPS) is 13.8. The molecular weight excluding hydrogens is 445 g/mol. The van der Waals surface area contributed by atoms with Crippen molar-refractivity contribution in [3.05, 3.63) is 89.9 Å². The van der Waals surface area contributed by atoms with E-state index >= 15 is 0 Å². The van der Waals surface area contributed by atoms with Crippen LogP contribution in [0.4, 0.5) is 15.8 Å². The van der Waals surface area contributed by atoms with Crippen LogP contribution in [-0.2, 0) is 9.59 Å². The smallest absolute Gasteiger partial charge is 0.240 e. The summed E-state index contributed by atoms with van der Waals surface area (Å²) in [5.41, 5.74) is 3.09. The standard InChI is InChI=1S/C28H24FN3O3.2H2/c1-17-15-23-24(16-18(17)2)30-14-11-25(23)35-22-9-7-21(8-10-22)32-27(34)28(12-13-28)26(33)31-20-5-3-19(29)4-6-20;;/h3-11,14-16H,12-13H2,1-2H3,(H,31,33)(H,32,34);2*1H. The Hall–Kier alpha value is -4.26. The predicted octanol–water partition coefficient (Wildman–Crippen LogP) is 6.63. The van der Waals surface area contributed by atoms with Crippen LogP contribution in [0.5, 0.6) is 11.5 Å². The molecule has 0 atom stereocenters. The van der Waals surface area contributed by atoms with Gasteiger partial charge < -0.3 is 15.4 Å². The summed E-state index contributed by atoms with van der Waals surface area (Å²) in [5, 5.41) is 6.46. The fraction of sp³-hybridized carbons (Fsp3) is 0.179. The predicted molar refractivity (Wildman–Crippen MR) is 137 cm³/mol. The van der Waals surface area contributed by atoms with Gasteiger partial charge in [-0.3, -0.25) is 14.6 Å². The number of carbonyl (C=O) groups is 2. The number of nitrogens with one attached hydrogen (secondary N) is 2. The number of nitrogens with zero attached hydrogens (tertiary/aromatic N) is 1. The van der Waals surface area contributed by atoms with Crippen LogP contribution in [0, 0.1) is 25.1 Å². The molecular formula is C28H28FN3O3. The number of aryl methyl sites for hydroxylation is 2. The monoisotopic (exact) mass is 473 g/mol. The average molecular weight is 474 g/mol. The van der Waals surface area contributed by atoms with Crippen LogP contribution in [0.1, 0.15) is 26.8 Å². The Labute approximate surface area is 205 Å². The molecule has 6 nitrogen and oxygen atoms in total. The maximum atomic E-state index is 13.1. The van der Waals surface area contributed by atoms with Gasteiger partial charge in [-0.05, 0) is 105 Å². The average Bonchev–Trinajstić information content (AvgIpc) is 3.65. The Kier molecular flexibility index (Phi) is 5.68. The highest BCUT2D eigenvalue weighted by Gasteiger charge is 2.56. The molecule has 35 heavy (non-hydrogen) atoms. The number of pyridine rings is 1. The molecule has 7 heteroatoms. The number of carbonyl (C=O) groups excluding carboxylic acids is 2. The molecule has 4 aromatic rings. The molecule has 3 aromatic carbocycles. The van der Waals surface area contributed by atoms with Crippen molar-refractivity contribution >= 4 is 34.1 Å². The Balaban J connectivity index is 0.00000190. The van der Waals surface area contributed by atoms with Crippen molar-refractivity contribution in [2.45, 2.75) is 26.7 Å².